The normalized spacial score (nSPS) is 18.4. The molecule has 1 fully saturated rings. The first-order valence-electron chi connectivity index (χ1n) is 6.24. The lowest BCUT2D eigenvalue weighted by atomic mass is 10.2. The SMILES string of the molecule is O=C(O)[C@H]1CCCN1c1nc(-c2cccc(Cl)c2)no1. The number of aromatic nitrogens is 2. The second-order valence-electron chi connectivity index (χ2n) is 4.60. The maximum absolute atomic E-state index is 11.2. The van der Waals surface area contributed by atoms with Gasteiger partial charge < -0.3 is 14.5 Å². The van der Waals surface area contributed by atoms with Gasteiger partial charge in [-0.15, -0.1) is 0 Å². The molecule has 1 aromatic heterocycles. The molecule has 0 unspecified atom stereocenters. The van der Waals surface area contributed by atoms with E-state index in [1.807, 2.05) is 6.07 Å². The summed E-state index contributed by atoms with van der Waals surface area (Å²) in [7, 11) is 0. The second kappa shape index (κ2) is 5.13. The topological polar surface area (TPSA) is 79.5 Å². The smallest absolute Gasteiger partial charge is 0.326 e. The Labute approximate surface area is 120 Å². The Kier molecular flexibility index (Phi) is 3.31. The molecule has 1 saturated heterocycles. The van der Waals surface area contributed by atoms with E-state index in [2.05, 4.69) is 10.1 Å². The molecule has 1 aliphatic rings. The zero-order valence-electron chi connectivity index (χ0n) is 10.5. The first-order chi connectivity index (χ1) is 9.65. The van der Waals surface area contributed by atoms with Crippen molar-refractivity contribution in [3.63, 3.8) is 0 Å². The summed E-state index contributed by atoms with van der Waals surface area (Å²) < 4.78 is 5.18. The molecule has 3 rings (SSSR count). The van der Waals surface area contributed by atoms with Crippen molar-refractivity contribution in [2.24, 2.45) is 0 Å². The maximum atomic E-state index is 11.2. The van der Waals surface area contributed by atoms with Crippen molar-refractivity contribution >= 4 is 23.6 Å². The van der Waals surface area contributed by atoms with Crippen LogP contribution in [0.3, 0.4) is 0 Å². The third kappa shape index (κ3) is 2.34. The molecule has 6 nitrogen and oxygen atoms in total. The molecule has 7 heteroatoms. The summed E-state index contributed by atoms with van der Waals surface area (Å²) in [6, 6.07) is 6.75. The molecule has 1 aromatic carbocycles. The molecule has 20 heavy (non-hydrogen) atoms. The number of carbonyl (C=O) groups is 1. The van der Waals surface area contributed by atoms with Crippen LogP contribution in [0.25, 0.3) is 11.4 Å². The Morgan fingerprint density at radius 3 is 3.10 bits per heavy atom. The second-order valence-corrected chi connectivity index (χ2v) is 5.04. The van der Waals surface area contributed by atoms with E-state index in [0.29, 0.717) is 23.8 Å². The number of hydrogen-bond donors (Lipinski definition) is 1. The molecule has 0 radical (unpaired) electrons. The van der Waals surface area contributed by atoms with E-state index in [1.54, 1.807) is 23.1 Å². The van der Waals surface area contributed by atoms with Gasteiger partial charge in [0, 0.05) is 17.1 Å². The van der Waals surface area contributed by atoms with E-state index in [-0.39, 0.29) is 6.01 Å². The summed E-state index contributed by atoms with van der Waals surface area (Å²) in [5.74, 6) is -0.469. The Morgan fingerprint density at radius 2 is 2.35 bits per heavy atom. The van der Waals surface area contributed by atoms with Crippen molar-refractivity contribution in [1.29, 1.82) is 0 Å². The first-order valence-corrected chi connectivity index (χ1v) is 6.62. The minimum atomic E-state index is -0.870. The van der Waals surface area contributed by atoms with Crippen LogP contribution >= 0.6 is 11.6 Å². The average molecular weight is 294 g/mol. The highest BCUT2D eigenvalue weighted by Crippen LogP contribution is 2.27. The molecule has 2 aromatic rings. The van der Waals surface area contributed by atoms with Gasteiger partial charge in [-0.2, -0.15) is 4.98 Å². The van der Waals surface area contributed by atoms with Crippen LogP contribution in [0.2, 0.25) is 5.02 Å². The molecule has 104 valence electrons. The van der Waals surface area contributed by atoms with Gasteiger partial charge in [0.1, 0.15) is 6.04 Å². The van der Waals surface area contributed by atoms with E-state index in [4.69, 9.17) is 21.2 Å². The summed E-state index contributed by atoms with van der Waals surface area (Å²) in [6.07, 6.45) is 1.38. The number of nitrogens with zero attached hydrogens (tertiary/aromatic N) is 3. The summed E-state index contributed by atoms with van der Waals surface area (Å²) in [6.45, 7) is 0.605. The van der Waals surface area contributed by atoms with Gasteiger partial charge in [-0.1, -0.05) is 28.9 Å². The molecule has 1 N–H and O–H groups in total. The fourth-order valence-electron chi connectivity index (χ4n) is 2.33. The molecule has 2 heterocycles. The van der Waals surface area contributed by atoms with Crippen LogP contribution in [-0.2, 0) is 4.79 Å². The van der Waals surface area contributed by atoms with Crippen LogP contribution in [0.1, 0.15) is 12.8 Å². The van der Waals surface area contributed by atoms with Crippen molar-refractivity contribution in [3.8, 4) is 11.4 Å². The summed E-state index contributed by atoms with van der Waals surface area (Å²) in [5, 5.41) is 13.6. The molecule has 1 atom stereocenters. The number of carboxylic acids is 1. The predicted octanol–water partition coefficient (Wildman–Crippen LogP) is 2.44. The molecule has 0 bridgehead atoms. The van der Waals surface area contributed by atoms with Crippen LogP contribution in [0, 0.1) is 0 Å². The van der Waals surface area contributed by atoms with Crippen LogP contribution < -0.4 is 4.90 Å². The van der Waals surface area contributed by atoms with Crippen LogP contribution in [0.5, 0.6) is 0 Å². The van der Waals surface area contributed by atoms with Gasteiger partial charge in [-0.25, -0.2) is 4.79 Å². The minimum absolute atomic E-state index is 0.241. The van der Waals surface area contributed by atoms with E-state index >= 15 is 0 Å². The molecule has 1 aliphatic heterocycles. The third-order valence-corrected chi connectivity index (χ3v) is 3.52. The number of aliphatic carboxylic acids is 1. The zero-order chi connectivity index (χ0) is 14.1. The number of benzene rings is 1. The average Bonchev–Trinajstić information content (AvgIpc) is 3.07. The lowest BCUT2D eigenvalue weighted by Crippen LogP contribution is -2.36. The van der Waals surface area contributed by atoms with Gasteiger partial charge in [-0.05, 0) is 25.0 Å². The standard InChI is InChI=1S/C13H12ClN3O3/c14-9-4-1-3-8(7-9)11-15-13(20-16-11)17-6-2-5-10(17)12(18)19/h1,3-4,7,10H,2,5-6H2,(H,18,19)/t10-/m1/s1. The molecular formula is C13H12ClN3O3. The molecule has 0 saturated carbocycles. The molecular weight excluding hydrogens is 282 g/mol. The maximum Gasteiger partial charge on any atom is 0.326 e. The number of hydrogen-bond acceptors (Lipinski definition) is 5. The van der Waals surface area contributed by atoms with Gasteiger partial charge >= 0.3 is 12.0 Å². The van der Waals surface area contributed by atoms with Gasteiger partial charge in [0.15, 0.2) is 0 Å². The predicted molar refractivity (Wildman–Crippen MR) is 72.7 cm³/mol. The fourth-order valence-corrected chi connectivity index (χ4v) is 2.52. The van der Waals surface area contributed by atoms with E-state index in [0.717, 1.165) is 12.0 Å². The molecule has 0 amide bonds. The Balaban J connectivity index is 1.89. The van der Waals surface area contributed by atoms with Crippen LogP contribution in [0.4, 0.5) is 6.01 Å². The Hall–Kier alpha value is -2.08. The van der Waals surface area contributed by atoms with E-state index in [9.17, 15) is 4.79 Å². The lowest BCUT2D eigenvalue weighted by Gasteiger charge is -2.17. The number of carboxylic acid groups (broad SMARTS) is 1. The van der Waals surface area contributed by atoms with Crippen LogP contribution in [0.15, 0.2) is 28.8 Å². The largest absolute Gasteiger partial charge is 0.480 e. The van der Waals surface area contributed by atoms with E-state index in [1.165, 1.54) is 0 Å². The van der Waals surface area contributed by atoms with Crippen molar-refractivity contribution in [1.82, 2.24) is 10.1 Å². The number of rotatable bonds is 3. The van der Waals surface area contributed by atoms with Gasteiger partial charge in [0.2, 0.25) is 5.82 Å². The van der Waals surface area contributed by atoms with Crippen LogP contribution in [-0.4, -0.2) is 33.8 Å². The van der Waals surface area contributed by atoms with Crippen molar-refractivity contribution < 1.29 is 14.4 Å². The van der Waals surface area contributed by atoms with Crippen molar-refractivity contribution in [2.45, 2.75) is 18.9 Å². The zero-order valence-corrected chi connectivity index (χ0v) is 11.2. The lowest BCUT2D eigenvalue weighted by molar-refractivity contribution is -0.138. The quantitative estimate of drug-likeness (QED) is 0.936. The fraction of sp³-hybridized carbons (Fsp3) is 0.308. The molecule has 0 aliphatic carbocycles. The highest BCUT2D eigenvalue weighted by Gasteiger charge is 2.34. The van der Waals surface area contributed by atoms with Crippen molar-refractivity contribution in [3.05, 3.63) is 29.3 Å². The first kappa shape index (κ1) is 12.9. The summed E-state index contributed by atoms with van der Waals surface area (Å²) in [5.41, 5.74) is 0.735. The Morgan fingerprint density at radius 1 is 1.50 bits per heavy atom. The van der Waals surface area contributed by atoms with Gasteiger partial charge in [0.05, 0.1) is 0 Å². The monoisotopic (exact) mass is 293 g/mol. The van der Waals surface area contributed by atoms with Gasteiger partial charge in [0.25, 0.3) is 0 Å². The van der Waals surface area contributed by atoms with E-state index < -0.39 is 12.0 Å². The van der Waals surface area contributed by atoms with Gasteiger partial charge in [-0.3, -0.25) is 0 Å². The number of anilines is 1. The number of halogens is 1. The summed E-state index contributed by atoms with van der Waals surface area (Å²) in [4.78, 5) is 17.0. The minimum Gasteiger partial charge on any atom is -0.480 e. The summed E-state index contributed by atoms with van der Waals surface area (Å²) >= 11 is 5.92. The van der Waals surface area contributed by atoms with Crippen molar-refractivity contribution in [2.75, 3.05) is 11.4 Å². The molecule has 0 spiro atoms. The highest BCUT2D eigenvalue weighted by atomic mass is 35.5. The third-order valence-electron chi connectivity index (χ3n) is 3.28. The highest BCUT2D eigenvalue weighted by molar-refractivity contribution is 6.30. The Bertz CT molecular complexity index is 643.